The van der Waals surface area contributed by atoms with Crippen molar-refractivity contribution in [2.24, 2.45) is 5.92 Å². The largest absolute Gasteiger partial charge is 0.493 e. The van der Waals surface area contributed by atoms with Gasteiger partial charge in [-0.05, 0) is 24.1 Å². The topological polar surface area (TPSA) is 18.5 Å². The van der Waals surface area contributed by atoms with Crippen molar-refractivity contribution in [1.82, 2.24) is 0 Å². The Labute approximate surface area is 97.6 Å². The van der Waals surface area contributed by atoms with Gasteiger partial charge in [-0.1, -0.05) is 25.7 Å². The normalized spacial score (nSPS) is 9.56. The van der Waals surface area contributed by atoms with Gasteiger partial charge in [0.15, 0.2) is 11.5 Å². The highest BCUT2D eigenvalue weighted by molar-refractivity contribution is 5.48. The van der Waals surface area contributed by atoms with Crippen molar-refractivity contribution in [3.8, 4) is 23.3 Å². The molecule has 0 aromatic heterocycles. The van der Waals surface area contributed by atoms with Crippen LogP contribution < -0.4 is 9.47 Å². The van der Waals surface area contributed by atoms with Gasteiger partial charge in [-0.3, -0.25) is 0 Å². The fourth-order valence-electron chi connectivity index (χ4n) is 1.27. The summed E-state index contributed by atoms with van der Waals surface area (Å²) in [6, 6.07) is 5.71. The fourth-order valence-corrected chi connectivity index (χ4v) is 1.27. The molecule has 86 valence electrons. The van der Waals surface area contributed by atoms with E-state index in [0.717, 1.165) is 23.5 Å². The molecule has 0 amide bonds. The van der Waals surface area contributed by atoms with Gasteiger partial charge in [-0.25, -0.2) is 0 Å². The maximum atomic E-state index is 5.21. The molecule has 0 heterocycles. The second kappa shape index (κ2) is 6.07. The SMILES string of the molecule is COc1ccc(C#CCC(C)C)cc1OC. The molecule has 0 unspecified atom stereocenters. The average Bonchev–Trinajstić information content (AvgIpc) is 2.28. The zero-order valence-corrected chi connectivity index (χ0v) is 10.3. The second-order valence-corrected chi connectivity index (χ2v) is 3.97. The summed E-state index contributed by atoms with van der Waals surface area (Å²) in [5.74, 6) is 8.32. The Morgan fingerprint density at radius 1 is 1.12 bits per heavy atom. The number of ether oxygens (including phenoxy) is 2. The Balaban J connectivity index is 2.85. The zero-order valence-electron chi connectivity index (χ0n) is 10.3. The first-order valence-corrected chi connectivity index (χ1v) is 5.38. The second-order valence-electron chi connectivity index (χ2n) is 3.97. The summed E-state index contributed by atoms with van der Waals surface area (Å²) >= 11 is 0. The molecule has 0 atom stereocenters. The third-order valence-electron chi connectivity index (χ3n) is 2.13. The Bertz CT molecular complexity index is 397. The van der Waals surface area contributed by atoms with Crippen molar-refractivity contribution >= 4 is 0 Å². The van der Waals surface area contributed by atoms with Crippen LogP contribution in [0.1, 0.15) is 25.8 Å². The summed E-state index contributed by atoms with van der Waals surface area (Å²) in [6.07, 6.45) is 0.911. The summed E-state index contributed by atoms with van der Waals surface area (Å²) in [5, 5.41) is 0. The number of methoxy groups -OCH3 is 2. The molecule has 0 bridgehead atoms. The van der Waals surface area contributed by atoms with Crippen LogP contribution >= 0.6 is 0 Å². The molecule has 2 nitrogen and oxygen atoms in total. The van der Waals surface area contributed by atoms with Crippen molar-refractivity contribution < 1.29 is 9.47 Å². The van der Waals surface area contributed by atoms with Gasteiger partial charge in [-0.2, -0.15) is 0 Å². The highest BCUT2D eigenvalue weighted by Crippen LogP contribution is 2.27. The van der Waals surface area contributed by atoms with Gasteiger partial charge in [0.2, 0.25) is 0 Å². The molecule has 1 aromatic rings. The maximum Gasteiger partial charge on any atom is 0.161 e. The molecule has 0 fully saturated rings. The molecular weight excluding hydrogens is 200 g/mol. The molecule has 1 rings (SSSR count). The van der Waals surface area contributed by atoms with E-state index in [1.165, 1.54) is 0 Å². The molecular formula is C14H18O2. The van der Waals surface area contributed by atoms with Gasteiger partial charge < -0.3 is 9.47 Å². The summed E-state index contributed by atoms with van der Waals surface area (Å²) in [5.41, 5.74) is 0.957. The first-order valence-electron chi connectivity index (χ1n) is 5.38. The first-order chi connectivity index (χ1) is 7.67. The average molecular weight is 218 g/mol. The lowest BCUT2D eigenvalue weighted by atomic mass is 10.1. The molecule has 0 aliphatic carbocycles. The summed E-state index contributed by atoms with van der Waals surface area (Å²) < 4.78 is 10.4. The molecule has 16 heavy (non-hydrogen) atoms. The first kappa shape index (κ1) is 12.4. The number of hydrogen-bond donors (Lipinski definition) is 0. The van der Waals surface area contributed by atoms with E-state index < -0.39 is 0 Å². The van der Waals surface area contributed by atoms with Crippen LogP contribution in [0.5, 0.6) is 11.5 Å². The lowest BCUT2D eigenvalue weighted by molar-refractivity contribution is 0.355. The van der Waals surface area contributed by atoms with Gasteiger partial charge in [0.25, 0.3) is 0 Å². The van der Waals surface area contributed by atoms with Gasteiger partial charge in [0.1, 0.15) is 0 Å². The smallest absolute Gasteiger partial charge is 0.161 e. The quantitative estimate of drug-likeness (QED) is 0.726. The van der Waals surface area contributed by atoms with E-state index in [2.05, 4.69) is 25.7 Å². The molecule has 1 aromatic carbocycles. The van der Waals surface area contributed by atoms with Gasteiger partial charge in [0.05, 0.1) is 14.2 Å². The third-order valence-corrected chi connectivity index (χ3v) is 2.13. The zero-order chi connectivity index (χ0) is 12.0. The number of rotatable bonds is 3. The maximum absolute atomic E-state index is 5.21. The van der Waals surface area contributed by atoms with E-state index >= 15 is 0 Å². The number of benzene rings is 1. The number of hydrogen-bond acceptors (Lipinski definition) is 2. The molecule has 0 N–H and O–H groups in total. The molecule has 0 aliphatic heterocycles. The van der Waals surface area contributed by atoms with E-state index in [0.29, 0.717) is 5.92 Å². The lowest BCUT2D eigenvalue weighted by Crippen LogP contribution is -1.90. The van der Waals surface area contributed by atoms with Gasteiger partial charge in [0, 0.05) is 12.0 Å². The molecule has 0 saturated carbocycles. The van der Waals surface area contributed by atoms with Gasteiger partial charge >= 0.3 is 0 Å². The molecule has 0 aliphatic rings. The van der Waals surface area contributed by atoms with Crippen LogP contribution in [-0.2, 0) is 0 Å². The summed E-state index contributed by atoms with van der Waals surface area (Å²) in [4.78, 5) is 0. The molecule has 2 heteroatoms. The lowest BCUT2D eigenvalue weighted by Gasteiger charge is -2.06. The van der Waals surface area contributed by atoms with Crippen molar-refractivity contribution in [1.29, 1.82) is 0 Å². The minimum Gasteiger partial charge on any atom is -0.493 e. The molecule has 0 spiro atoms. The molecule has 0 radical (unpaired) electrons. The monoisotopic (exact) mass is 218 g/mol. The molecule has 0 saturated heterocycles. The van der Waals surface area contributed by atoms with Crippen molar-refractivity contribution in [3.63, 3.8) is 0 Å². The minimum atomic E-state index is 0.604. The predicted octanol–water partition coefficient (Wildman–Crippen LogP) is 3.10. The van der Waals surface area contributed by atoms with E-state index in [1.54, 1.807) is 14.2 Å². The predicted molar refractivity (Wildman–Crippen MR) is 65.9 cm³/mol. The summed E-state index contributed by atoms with van der Waals surface area (Å²) in [7, 11) is 3.26. The highest BCUT2D eigenvalue weighted by atomic mass is 16.5. The van der Waals surface area contributed by atoms with Crippen LogP contribution in [0.25, 0.3) is 0 Å². The van der Waals surface area contributed by atoms with Crippen LogP contribution in [0.15, 0.2) is 18.2 Å². The Kier molecular flexibility index (Phi) is 4.72. The third kappa shape index (κ3) is 3.51. The van der Waals surface area contributed by atoms with Crippen LogP contribution in [0, 0.1) is 17.8 Å². The summed E-state index contributed by atoms with van der Waals surface area (Å²) in [6.45, 7) is 4.31. The van der Waals surface area contributed by atoms with Crippen molar-refractivity contribution in [2.45, 2.75) is 20.3 Å². The Morgan fingerprint density at radius 3 is 2.38 bits per heavy atom. The van der Waals surface area contributed by atoms with Gasteiger partial charge in [-0.15, -0.1) is 0 Å². The van der Waals surface area contributed by atoms with Crippen LogP contribution in [0.4, 0.5) is 0 Å². The van der Waals surface area contributed by atoms with Crippen molar-refractivity contribution in [2.75, 3.05) is 14.2 Å². The van der Waals surface area contributed by atoms with E-state index in [4.69, 9.17) is 9.47 Å². The standard InChI is InChI=1S/C14H18O2/c1-11(2)6-5-7-12-8-9-13(15-3)14(10-12)16-4/h8-11H,6H2,1-4H3. The minimum absolute atomic E-state index is 0.604. The fraction of sp³-hybridized carbons (Fsp3) is 0.429. The van der Waals surface area contributed by atoms with Crippen LogP contribution in [0.2, 0.25) is 0 Å². The van der Waals surface area contributed by atoms with Crippen LogP contribution in [-0.4, -0.2) is 14.2 Å². The van der Waals surface area contributed by atoms with E-state index in [1.807, 2.05) is 18.2 Å². The van der Waals surface area contributed by atoms with E-state index in [-0.39, 0.29) is 0 Å². The Hall–Kier alpha value is -1.62. The van der Waals surface area contributed by atoms with Crippen molar-refractivity contribution in [3.05, 3.63) is 23.8 Å². The van der Waals surface area contributed by atoms with E-state index in [9.17, 15) is 0 Å². The Morgan fingerprint density at radius 2 is 1.81 bits per heavy atom. The highest BCUT2D eigenvalue weighted by Gasteiger charge is 2.02. The van der Waals surface area contributed by atoms with Crippen LogP contribution in [0.3, 0.4) is 0 Å².